The number of likely N-dealkylation sites (tertiary alicyclic amines) is 1. The summed E-state index contributed by atoms with van der Waals surface area (Å²) < 4.78 is 2.20. The molecular weight excluding hydrogens is 346 g/mol. The van der Waals surface area contributed by atoms with Crippen molar-refractivity contribution in [3.05, 3.63) is 52.8 Å². The standard InChI is InChI=1S/C21H29N3O.ClH/c1-15-7-5-6-8-20(15)24-16(2)13-19(17(24)3)21(25)23-11-9-18(10-12-23)14-22-4;/h5-8,13,18,22H,9-12,14H2,1-4H3;1H. The largest absolute Gasteiger partial charge is 0.339 e. The minimum absolute atomic E-state index is 0. The number of aromatic nitrogens is 1. The summed E-state index contributed by atoms with van der Waals surface area (Å²) in [6.45, 7) is 9.01. The number of carbonyl (C=O) groups excluding carboxylic acids is 1. The highest BCUT2D eigenvalue weighted by Crippen LogP contribution is 2.25. The van der Waals surface area contributed by atoms with E-state index in [1.165, 1.54) is 5.56 Å². The smallest absolute Gasteiger partial charge is 0.255 e. The molecule has 0 bridgehead atoms. The molecule has 2 aromatic rings. The first-order chi connectivity index (χ1) is 12.0. The van der Waals surface area contributed by atoms with Gasteiger partial charge in [0, 0.05) is 30.2 Å². The highest BCUT2D eigenvalue weighted by Gasteiger charge is 2.26. The number of aryl methyl sites for hydroxylation is 2. The second-order valence-corrected chi connectivity index (χ2v) is 7.20. The van der Waals surface area contributed by atoms with E-state index in [0.29, 0.717) is 5.92 Å². The molecule has 0 saturated carbocycles. The molecule has 1 aliphatic rings. The van der Waals surface area contributed by atoms with Crippen molar-refractivity contribution in [1.29, 1.82) is 0 Å². The number of rotatable bonds is 4. The molecule has 3 rings (SSSR count). The van der Waals surface area contributed by atoms with E-state index in [2.05, 4.69) is 48.9 Å². The lowest BCUT2D eigenvalue weighted by molar-refractivity contribution is 0.0690. The van der Waals surface area contributed by atoms with Gasteiger partial charge in [0.1, 0.15) is 0 Å². The van der Waals surface area contributed by atoms with E-state index in [4.69, 9.17) is 0 Å². The second-order valence-electron chi connectivity index (χ2n) is 7.20. The molecule has 2 heterocycles. The Morgan fingerprint density at radius 2 is 1.81 bits per heavy atom. The maximum atomic E-state index is 13.1. The number of carbonyl (C=O) groups is 1. The maximum absolute atomic E-state index is 13.1. The van der Waals surface area contributed by atoms with Crippen molar-refractivity contribution in [3.8, 4) is 5.69 Å². The summed E-state index contributed by atoms with van der Waals surface area (Å²) in [6, 6.07) is 10.4. The van der Waals surface area contributed by atoms with Crippen LogP contribution >= 0.6 is 12.4 Å². The molecule has 1 fully saturated rings. The van der Waals surface area contributed by atoms with Crippen LogP contribution in [0.25, 0.3) is 5.69 Å². The predicted octanol–water partition coefficient (Wildman–Crippen LogP) is 3.90. The Labute approximate surface area is 163 Å². The zero-order chi connectivity index (χ0) is 18.0. The summed E-state index contributed by atoms with van der Waals surface area (Å²) >= 11 is 0. The van der Waals surface area contributed by atoms with Crippen LogP contribution in [0, 0.1) is 26.7 Å². The highest BCUT2D eigenvalue weighted by atomic mass is 35.5. The third kappa shape index (κ3) is 3.97. The van der Waals surface area contributed by atoms with Crippen LogP contribution in [0.2, 0.25) is 0 Å². The van der Waals surface area contributed by atoms with E-state index in [-0.39, 0.29) is 18.3 Å². The molecule has 0 atom stereocenters. The van der Waals surface area contributed by atoms with Crippen molar-refractivity contribution in [3.63, 3.8) is 0 Å². The summed E-state index contributed by atoms with van der Waals surface area (Å²) in [5.74, 6) is 0.865. The van der Waals surface area contributed by atoms with Gasteiger partial charge in [-0.2, -0.15) is 0 Å². The van der Waals surface area contributed by atoms with Crippen molar-refractivity contribution < 1.29 is 4.79 Å². The van der Waals surface area contributed by atoms with Crippen molar-refractivity contribution >= 4 is 18.3 Å². The molecule has 1 saturated heterocycles. The zero-order valence-electron chi connectivity index (χ0n) is 16.2. The van der Waals surface area contributed by atoms with Gasteiger partial charge in [-0.3, -0.25) is 4.79 Å². The lowest BCUT2D eigenvalue weighted by atomic mass is 9.96. The third-order valence-corrected chi connectivity index (χ3v) is 5.41. The first kappa shape index (κ1) is 20.5. The summed E-state index contributed by atoms with van der Waals surface area (Å²) in [5, 5.41) is 3.25. The van der Waals surface area contributed by atoms with Gasteiger partial charge in [-0.15, -0.1) is 12.4 Å². The van der Waals surface area contributed by atoms with Crippen LogP contribution in [0.1, 0.15) is 40.2 Å². The van der Waals surface area contributed by atoms with Gasteiger partial charge in [-0.25, -0.2) is 0 Å². The molecule has 5 heteroatoms. The summed E-state index contributed by atoms with van der Waals surface area (Å²) in [4.78, 5) is 15.1. The summed E-state index contributed by atoms with van der Waals surface area (Å²) in [6.07, 6.45) is 2.17. The van der Waals surface area contributed by atoms with Crippen molar-refractivity contribution in [1.82, 2.24) is 14.8 Å². The summed E-state index contributed by atoms with van der Waals surface area (Å²) in [5.41, 5.74) is 5.36. The number of halogens is 1. The van der Waals surface area contributed by atoms with Crippen LogP contribution in [0.15, 0.2) is 30.3 Å². The Kier molecular flexibility index (Phi) is 6.90. The van der Waals surface area contributed by atoms with Crippen LogP contribution in [-0.4, -0.2) is 42.1 Å². The number of piperidine rings is 1. The van der Waals surface area contributed by atoms with E-state index in [1.54, 1.807) is 0 Å². The monoisotopic (exact) mass is 375 g/mol. The van der Waals surface area contributed by atoms with E-state index in [9.17, 15) is 4.79 Å². The van der Waals surface area contributed by atoms with E-state index in [1.807, 2.05) is 24.1 Å². The van der Waals surface area contributed by atoms with Gasteiger partial charge in [0.25, 0.3) is 5.91 Å². The first-order valence-electron chi connectivity index (χ1n) is 9.21. The molecule has 0 unspecified atom stereocenters. The molecule has 1 N–H and O–H groups in total. The fraction of sp³-hybridized carbons (Fsp3) is 0.476. The minimum Gasteiger partial charge on any atom is -0.339 e. The van der Waals surface area contributed by atoms with Crippen molar-refractivity contribution in [2.24, 2.45) is 5.92 Å². The topological polar surface area (TPSA) is 37.3 Å². The van der Waals surface area contributed by atoms with Crippen LogP contribution < -0.4 is 5.32 Å². The quantitative estimate of drug-likeness (QED) is 0.880. The summed E-state index contributed by atoms with van der Waals surface area (Å²) in [7, 11) is 2.00. The number of nitrogens with zero attached hydrogens (tertiary/aromatic N) is 2. The number of hydrogen-bond acceptors (Lipinski definition) is 2. The van der Waals surface area contributed by atoms with E-state index >= 15 is 0 Å². The van der Waals surface area contributed by atoms with Crippen LogP contribution in [0.4, 0.5) is 0 Å². The highest BCUT2D eigenvalue weighted by molar-refractivity contribution is 5.96. The number of para-hydroxylation sites is 1. The Balaban J connectivity index is 0.00000243. The molecule has 142 valence electrons. The maximum Gasteiger partial charge on any atom is 0.255 e. The number of amides is 1. The van der Waals surface area contributed by atoms with Crippen LogP contribution in [-0.2, 0) is 0 Å². The molecule has 1 amide bonds. The Bertz CT molecular complexity index is 761. The molecule has 1 aromatic heterocycles. The lowest BCUT2D eigenvalue weighted by Crippen LogP contribution is -2.40. The van der Waals surface area contributed by atoms with Gasteiger partial charge >= 0.3 is 0 Å². The van der Waals surface area contributed by atoms with Crippen LogP contribution in [0.5, 0.6) is 0 Å². The Morgan fingerprint density at radius 3 is 2.42 bits per heavy atom. The number of hydrogen-bond donors (Lipinski definition) is 1. The third-order valence-electron chi connectivity index (χ3n) is 5.41. The number of nitrogens with one attached hydrogen (secondary N) is 1. The van der Waals surface area contributed by atoms with Crippen LogP contribution in [0.3, 0.4) is 0 Å². The van der Waals surface area contributed by atoms with Gasteiger partial charge < -0.3 is 14.8 Å². The molecule has 1 aromatic carbocycles. The Hall–Kier alpha value is -1.78. The number of benzene rings is 1. The van der Waals surface area contributed by atoms with Gasteiger partial charge in [0.15, 0.2) is 0 Å². The molecule has 0 radical (unpaired) electrons. The molecule has 4 nitrogen and oxygen atoms in total. The average Bonchev–Trinajstić information content (AvgIpc) is 2.90. The normalized spacial score (nSPS) is 15.0. The van der Waals surface area contributed by atoms with Crippen molar-refractivity contribution in [2.75, 3.05) is 26.7 Å². The van der Waals surface area contributed by atoms with Gasteiger partial charge in [0.05, 0.1) is 5.56 Å². The van der Waals surface area contributed by atoms with Gasteiger partial charge in [0.2, 0.25) is 0 Å². The molecule has 0 aliphatic carbocycles. The van der Waals surface area contributed by atoms with E-state index in [0.717, 1.165) is 55.1 Å². The first-order valence-corrected chi connectivity index (χ1v) is 9.21. The fourth-order valence-corrected chi connectivity index (χ4v) is 3.96. The Morgan fingerprint density at radius 1 is 1.15 bits per heavy atom. The predicted molar refractivity (Wildman–Crippen MR) is 110 cm³/mol. The molecule has 0 spiro atoms. The minimum atomic E-state index is 0. The average molecular weight is 376 g/mol. The zero-order valence-corrected chi connectivity index (χ0v) is 17.0. The van der Waals surface area contributed by atoms with Gasteiger partial charge in [-0.05, 0) is 70.8 Å². The molecular formula is C21H30ClN3O. The SMILES string of the molecule is CNCC1CCN(C(=O)c2cc(C)n(-c3ccccc3C)c2C)CC1.Cl. The lowest BCUT2D eigenvalue weighted by Gasteiger charge is -2.32. The molecule has 26 heavy (non-hydrogen) atoms. The fourth-order valence-electron chi connectivity index (χ4n) is 3.96. The second kappa shape index (κ2) is 8.74. The van der Waals surface area contributed by atoms with Gasteiger partial charge in [-0.1, -0.05) is 18.2 Å². The van der Waals surface area contributed by atoms with Crippen molar-refractivity contribution in [2.45, 2.75) is 33.6 Å². The molecule has 1 aliphatic heterocycles. The van der Waals surface area contributed by atoms with E-state index < -0.39 is 0 Å².